The molecule has 10 heteroatoms. The number of hydrogen-bond donors (Lipinski definition) is 6. The van der Waals surface area contributed by atoms with E-state index in [1.807, 2.05) is 0 Å². The van der Waals surface area contributed by atoms with E-state index < -0.39 is 68.7 Å². The van der Waals surface area contributed by atoms with Gasteiger partial charge in [-0.1, -0.05) is 0 Å². The Balaban J connectivity index is 2.80. The number of carbonyl (C=O) groups is 2. The lowest BCUT2D eigenvalue weighted by Crippen LogP contribution is -2.64. The molecule has 0 aliphatic carbocycles. The number of carbonyl (C=O) groups excluding carboxylic acids is 1. The predicted molar refractivity (Wildman–Crippen MR) is 66.9 cm³/mol. The van der Waals surface area contributed by atoms with Gasteiger partial charge in [-0.3, -0.25) is 9.59 Å². The molecule has 0 saturated carbocycles. The Hall–Kier alpha value is -1.30. The third kappa shape index (κ3) is 4.59. The molecule has 10 nitrogen and oxygen atoms in total. The number of aliphatic hydroxyl groups is 3. The molecule has 1 heterocycles. The largest absolute Gasteiger partial charge is 0.480 e. The van der Waals surface area contributed by atoms with E-state index in [9.17, 15) is 19.8 Å². The average molecular weight is 309 g/mol. The van der Waals surface area contributed by atoms with Crippen molar-refractivity contribution in [2.75, 3.05) is 13.2 Å². The van der Waals surface area contributed by atoms with E-state index in [1.54, 1.807) is 0 Å². The summed E-state index contributed by atoms with van der Waals surface area (Å²) in [5, 5.41) is 39.8. The van der Waals surface area contributed by atoms with Crippen LogP contribution in [-0.4, -0.2) is 82.2 Å². The van der Waals surface area contributed by atoms with E-state index in [0.29, 0.717) is 0 Å². The molecule has 0 aromatic rings. The summed E-state index contributed by atoms with van der Waals surface area (Å²) >= 11 is 0. The lowest BCUT2D eigenvalue weighted by Gasteiger charge is -2.42. The van der Waals surface area contributed by atoms with Gasteiger partial charge in [-0.25, -0.2) is 0 Å². The minimum absolute atomic E-state index is 0.478. The summed E-state index contributed by atoms with van der Waals surface area (Å²) in [5.74, 6) is -2.07. The molecule has 122 valence electrons. The first-order chi connectivity index (χ1) is 10.3. The minimum atomic E-state index is -1.53. The molecule has 1 rings (SSSR count). The van der Waals surface area contributed by atoms with Crippen LogP contribution < -0.4 is 11.1 Å². The first-order valence-electron chi connectivity index (χ1n) is 6.83. The van der Waals surface area contributed by atoms with Crippen molar-refractivity contribution in [1.29, 1.82) is 0 Å². The molecule has 0 aromatic heterocycles. The molecule has 6 atom stereocenters. The van der Waals surface area contributed by atoms with Gasteiger partial charge in [-0.2, -0.15) is 0 Å². The highest BCUT2D eigenvalue weighted by molar-refractivity contribution is 5.73. The third-order valence-corrected chi connectivity index (χ3v) is 2.97. The second-order valence-electron chi connectivity index (χ2n) is 4.58. The molecule has 1 unspecified atom stereocenters. The molecular weight excluding hydrogens is 288 g/mol. The van der Waals surface area contributed by atoms with Gasteiger partial charge >= 0.3 is 5.97 Å². The summed E-state index contributed by atoms with van der Waals surface area (Å²) in [4.78, 5) is 21.9. The number of hydrogen-bond acceptors (Lipinski definition) is 8. The van der Waals surface area contributed by atoms with Crippen molar-refractivity contribution in [2.24, 2.45) is 5.73 Å². The van der Waals surface area contributed by atoms with Gasteiger partial charge in [0.05, 0.1) is 13.2 Å². The van der Waals surface area contributed by atoms with Gasteiger partial charge in [0.25, 0.3) is 0 Å². The minimum Gasteiger partial charge on any atom is -0.480 e. The fourth-order valence-corrected chi connectivity index (χ4v) is 1.83. The molecule has 0 radical (unpaired) electrons. The number of ether oxygens (including phenoxy) is 2. The van der Waals surface area contributed by atoms with Crippen LogP contribution in [0.2, 0.25) is 0 Å². The summed E-state index contributed by atoms with van der Waals surface area (Å²) in [5.41, 5.74) is 5.28. The van der Waals surface area contributed by atoms with Crippen LogP contribution in [0.4, 0.5) is 0 Å². The van der Waals surface area contributed by atoms with Crippen LogP contribution in [0, 0.1) is 0 Å². The number of carboxylic acid groups (broad SMARTS) is 1. The predicted octanol–water partition coefficient (Wildman–Crippen LogP) is -3.64. The number of aliphatic hydroxyl groups excluding tert-OH is 3. The van der Waals surface area contributed by atoms with Crippen LogP contribution in [0.3, 0.4) is 0 Å². The number of amides is 1. The fraction of sp³-hybridized carbons (Fsp3) is 0.818. The molecular formula is C11H20N2O8. The molecule has 0 spiro atoms. The average Bonchev–Trinajstić information content (AvgIpc) is 2.50. The van der Waals surface area contributed by atoms with E-state index in [2.05, 4.69) is 5.32 Å². The van der Waals surface area contributed by atoms with Crippen molar-refractivity contribution in [3.05, 3.63) is 0 Å². The van der Waals surface area contributed by atoms with Gasteiger partial charge < -0.3 is 41.0 Å². The first-order valence-corrected chi connectivity index (χ1v) is 6.12. The molecule has 0 bridgehead atoms. The maximum Gasteiger partial charge on any atom is 0.322 e. The summed E-state index contributed by atoms with van der Waals surface area (Å²) in [7, 11) is 0. The maximum atomic E-state index is 11.3. The number of nitrogens with one attached hydrogen (secondary N) is 1. The Bertz CT molecular complexity index is 398. The third-order valence-electron chi connectivity index (χ3n) is 2.97. The van der Waals surface area contributed by atoms with Crippen molar-refractivity contribution >= 4 is 11.9 Å². The lowest BCUT2D eigenvalue weighted by molar-refractivity contribution is -0.270. The van der Waals surface area contributed by atoms with Gasteiger partial charge in [0.1, 0.15) is 30.4 Å². The van der Waals surface area contributed by atoms with Crippen molar-refractivity contribution in [1.82, 2.24) is 5.32 Å². The van der Waals surface area contributed by atoms with Crippen LogP contribution in [0.1, 0.15) is 8.27 Å². The Morgan fingerprint density at radius 2 is 2.14 bits per heavy atom. The Kier molecular flexibility index (Phi) is 5.85. The van der Waals surface area contributed by atoms with Crippen LogP contribution in [0.25, 0.3) is 0 Å². The number of nitrogens with two attached hydrogens (primary N) is 1. The van der Waals surface area contributed by atoms with Gasteiger partial charge in [0.2, 0.25) is 5.91 Å². The topological polar surface area (TPSA) is 172 Å². The van der Waals surface area contributed by atoms with Gasteiger partial charge in [-0.15, -0.1) is 0 Å². The molecule has 1 fully saturated rings. The van der Waals surface area contributed by atoms with E-state index in [4.69, 9.17) is 26.8 Å². The van der Waals surface area contributed by atoms with Crippen LogP contribution >= 0.6 is 0 Å². The molecule has 1 amide bonds. The highest BCUT2D eigenvalue weighted by Gasteiger charge is 2.45. The standard InChI is InChI=1S/C11H20N2O8/c1-4(15)13-7-9(17)8(16)6(2-14)21-11(7)20-3-5(12)10(18)19/h5-9,11,14,16-17H,2-3,12H2,1H3,(H,13,15)(H,18,19)/t5-,6+,7+,8+,9+,11?/m0/s1/i1D. The summed E-state index contributed by atoms with van der Waals surface area (Å²) < 4.78 is 17.3. The van der Waals surface area contributed by atoms with Crippen molar-refractivity contribution < 1.29 is 40.9 Å². The summed E-state index contributed by atoms with van der Waals surface area (Å²) in [6, 6.07) is -2.59. The fourth-order valence-electron chi connectivity index (χ4n) is 1.83. The first kappa shape index (κ1) is 16.1. The highest BCUT2D eigenvalue weighted by Crippen LogP contribution is 2.22. The van der Waals surface area contributed by atoms with Crippen LogP contribution in [-0.2, 0) is 19.1 Å². The molecule has 1 saturated heterocycles. The van der Waals surface area contributed by atoms with E-state index in [-0.39, 0.29) is 0 Å². The van der Waals surface area contributed by atoms with Crippen LogP contribution in [0.15, 0.2) is 0 Å². The number of aliphatic carboxylic acids is 1. The van der Waals surface area contributed by atoms with E-state index in [1.165, 1.54) is 0 Å². The van der Waals surface area contributed by atoms with Crippen molar-refractivity contribution in [3.63, 3.8) is 0 Å². The second kappa shape index (κ2) is 7.64. The Labute approximate surface area is 121 Å². The molecule has 0 aromatic carbocycles. The smallest absolute Gasteiger partial charge is 0.322 e. The normalized spacial score (nSPS) is 34.9. The molecule has 1 aliphatic rings. The van der Waals surface area contributed by atoms with Crippen molar-refractivity contribution in [2.45, 2.75) is 43.6 Å². The zero-order valence-corrected chi connectivity index (χ0v) is 11.1. The Morgan fingerprint density at radius 1 is 1.48 bits per heavy atom. The monoisotopic (exact) mass is 309 g/mol. The second-order valence-corrected chi connectivity index (χ2v) is 4.58. The maximum absolute atomic E-state index is 11.3. The highest BCUT2D eigenvalue weighted by atomic mass is 16.7. The molecule has 7 N–H and O–H groups in total. The Morgan fingerprint density at radius 3 is 2.67 bits per heavy atom. The van der Waals surface area contributed by atoms with Crippen LogP contribution in [0.5, 0.6) is 0 Å². The summed E-state index contributed by atoms with van der Waals surface area (Å²) in [6.45, 7) is -1.72. The SMILES string of the molecule is [2H]CC(=O)N[C@H]1C(OC[C@H](N)C(=O)O)O[C@H](CO)[C@@H](O)[C@@H]1O. The zero-order chi connectivity index (χ0) is 16.9. The van der Waals surface area contributed by atoms with Crippen molar-refractivity contribution in [3.8, 4) is 0 Å². The zero-order valence-electron chi connectivity index (χ0n) is 12.1. The van der Waals surface area contributed by atoms with E-state index in [0.717, 1.165) is 0 Å². The number of carboxylic acids is 1. The van der Waals surface area contributed by atoms with Gasteiger partial charge in [0, 0.05) is 8.27 Å². The van der Waals surface area contributed by atoms with Gasteiger partial charge in [-0.05, 0) is 0 Å². The quantitative estimate of drug-likeness (QED) is 0.289. The lowest BCUT2D eigenvalue weighted by atomic mass is 9.97. The number of rotatable bonds is 6. The molecule has 21 heavy (non-hydrogen) atoms. The van der Waals surface area contributed by atoms with E-state index >= 15 is 0 Å². The summed E-state index contributed by atoms with van der Waals surface area (Å²) in [6.07, 6.45) is -5.54. The molecule has 1 aliphatic heterocycles. The van der Waals surface area contributed by atoms with Gasteiger partial charge in [0.15, 0.2) is 6.29 Å².